The number of aromatic nitrogens is 3. The fraction of sp³-hybridized carbons (Fsp3) is 0.227. The molecule has 3 aromatic heterocycles. The van der Waals surface area contributed by atoms with Crippen molar-refractivity contribution >= 4 is 28.9 Å². The summed E-state index contributed by atoms with van der Waals surface area (Å²) < 4.78 is 21.6. The Bertz CT molecular complexity index is 1170. The minimum Gasteiger partial charge on any atom is -0.411 e. The van der Waals surface area contributed by atoms with Crippen molar-refractivity contribution in [2.24, 2.45) is 0 Å². The Morgan fingerprint density at radius 1 is 1.20 bits per heavy atom. The second-order valence-electron chi connectivity index (χ2n) is 6.83. The SMILES string of the molecule is Cc1cc(C(=O)CSc2nnc(-c3ccccc3F)o2)c(C)n1CCc1cccs1. The molecule has 5 nitrogen and oxygen atoms in total. The molecule has 0 aliphatic rings. The van der Waals surface area contributed by atoms with Crippen LogP contribution < -0.4 is 0 Å². The number of hydrogen-bond donors (Lipinski definition) is 0. The van der Waals surface area contributed by atoms with Gasteiger partial charge in [0.05, 0.1) is 11.3 Å². The Balaban J connectivity index is 1.41. The zero-order valence-corrected chi connectivity index (χ0v) is 18.2. The van der Waals surface area contributed by atoms with E-state index >= 15 is 0 Å². The third-order valence-electron chi connectivity index (χ3n) is 4.87. The van der Waals surface area contributed by atoms with Crippen molar-refractivity contribution in [3.63, 3.8) is 0 Å². The number of halogens is 1. The molecule has 0 aliphatic carbocycles. The van der Waals surface area contributed by atoms with E-state index in [1.807, 2.05) is 19.9 Å². The molecule has 3 heterocycles. The standard InChI is InChI=1S/C22H20FN3O2S2/c1-14-12-18(15(2)26(14)10-9-16-6-5-11-29-16)20(27)13-30-22-25-24-21(28-22)17-7-3-4-8-19(17)23/h3-8,11-12H,9-10,13H2,1-2H3. The number of rotatable bonds is 8. The number of benzene rings is 1. The van der Waals surface area contributed by atoms with Crippen LogP contribution in [-0.4, -0.2) is 26.3 Å². The van der Waals surface area contributed by atoms with E-state index in [0.29, 0.717) is 5.56 Å². The summed E-state index contributed by atoms with van der Waals surface area (Å²) in [5, 5.41) is 10.1. The number of ketones is 1. The predicted octanol–water partition coefficient (Wildman–Crippen LogP) is 5.57. The average Bonchev–Trinajstić information content (AvgIpc) is 3.47. The van der Waals surface area contributed by atoms with E-state index in [1.54, 1.807) is 29.5 Å². The van der Waals surface area contributed by atoms with Crippen molar-refractivity contribution in [1.29, 1.82) is 0 Å². The lowest BCUT2D eigenvalue weighted by atomic mass is 10.2. The lowest BCUT2D eigenvalue weighted by Gasteiger charge is -2.09. The fourth-order valence-corrected chi connectivity index (χ4v) is 4.67. The van der Waals surface area contributed by atoms with Gasteiger partial charge in [0, 0.05) is 28.4 Å². The molecule has 1 aromatic carbocycles. The third kappa shape index (κ3) is 4.39. The third-order valence-corrected chi connectivity index (χ3v) is 6.63. The van der Waals surface area contributed by atoms with E-state index < -0.39 is 5.82 Å². The molecule has 0 atom stereocenters. The molecule has 0 radical (unpaired) electrons. The molecule has 0 spiro atoms. The number of carbonyl (C=O) groups excluding carboxylic acids is 1. The van der Waals surface area contributed by atoms with Crippen LogP contribution in [0.3, 0.4) is 0 Å². The Labute approximate surface area is 182 Å². The quantitative estimate of drug-likeness (QED) is 0.264. The van der Waals surface area contributed by atoms with Gasteiger partial charge in [0.1, 0.15) is 5.82 Å². The first kappa shape index (κ1) is 20.6. The van der Waals surface area contributed by atoms with E-state index in [9.17, 15) is 9.18 Å². The van der Waals surface area contributed by atoms with Crippen LogP contribution in [0.25, 0.3) is 11.5 Å². The summed E-state index contributed by atoms with van der Waals surface area (Å²) in [6, 6.07) is 12.3. The zero-order chi connectivity index (χ0) is 21.1. The first-order chi connectivity index (χ1) is 14.5. The Hall–Kier alpha value is -2.71. The molecule has 30 heavy (non-hydrogen) atoms. The molecule has 0 fully saturated rings. The molecule has 0 unspecified atom stereocenters. The van der Waals surface area contributed by atoms with Gasteiger partial charge in [0.25, 0.3) is 11.1 Å². The van der Waals surface area contributed by atoms with Gasteiger partial charge in [-0.05, 0) is 49.9 Å². The van der Waals surface area contributed by atoms with Crippen LogP contribution in [-0.2, 0) is 13.0 Å². The van der Waals surface area contributed by atoms with E-state index in [4.69, 9.17) is 4.42 Å². The van der Waals surface area contributed by atoms with Crippen LogP contribution in [0.5, 0.6) is 0 Å². The molecule has 0 bridgehead atoms. The first-order valence-corrected chi connectivity index (χ1v) is 11.3. The minimum absolute atomic E-state index is 0.00103. The summed E-state index contributed by atoms with van der Waals surface area (Å²) in [6.45, 7) is 4.83. The van der Waals surface area contributed by atoms with E-state index in [2.05, 4.69) is 32.3 Å². The summed E-state index contributed by atoms with van der Waals surface area (Å²) in [5.74, 6) is -0.145. The monoisotopic (exact) mass is 441 g/mol. The normalized spacial score (nSPS) is 11.2. The Morgan fingerprint density at radius 3 is 2.80 bits per heavy atom. The van der Waals surface area contributed by atoms with Crippen molar-refractivity contribution in [1.82, 2.24) is 14.8 Å². The molecule has 0 saturated carbocycles. The molecule has 8 heteroatoms. The van der Waals surface area contributed by atoms with Crippen LogP contribution in [0.1, 0.15) is 26.6 Å². The van der Waals surface area contributed by atoms with Crippen LogP contribution in [0.2, 0.25) is 0 Å². The number of Topliss-reactive ketones (excluding diaryl/α,β-unsaturated/α-hetero) is 1. The molecular formula is C22H20FN3O2S2. The zero-order valence-electron chi connectivity index (χ0n) is 16.6. The van der Waals surface area contributed by atoms with Crippen molar-refractivity contribution in [2.75, 3.05) is 5.75 Å². The van der Waals surface area contributed by atoms with E-state index in [1.165, 1.54) is 10.9 Å². The molecule has 0 N–H and O–H groups in total. The maximum atomic E-state index is 13.9. The number of thioether (sulfide) groups is 1. The van der Waals surface area contributed by atoms with Crippen LogP contribution in [0, 0.1) is 19.7 Å². The highest BCUT2D eigenvalue weighted by atomic mass is 32.2. The number of carbonyl (C=O) groups is 1. The molecule has 154 valence electrons. The van der Waals surface area contributed by atoms with Crippen molar-refractivity contribution in [2.45, 2.75) is 32.0 Å². The molecular weight excluding hydrogens is 421 g/mol. The highest BCUT2D eigenvalue weighted by Gasteiger charge is 2.18. The Kier molecular flexibility index (Phi) is 6.15. The topological polar surface area (TPSA) is 60.9 Å². The molecule has 0 aliphatic heterocycles. The van der Waals surface area contributed by atoms with Crippen molar-refractivity contribution in [3.05, 3.63) is 75.5 Å². The molecule has 4 aromatic rings. The smallest absolute Gasteiger partial charge is 0.277 e. The number of aryl methyl sites for hydroxylation is 2. The Morgan fingerprint density at radius 2 is 2.03 bits per heavy atom. The predicted molar refractivity (Wildman–Crippen MR) is 117 cm³/mol. The van der Waals surface area contributed by atoms with Gasteiger partial charge in [0.2, 0.25) is 0 Å². The largest absolute Gasteiger partial charge is 0.411 e. The maximum Gasteiger partial charge on any atom is 0.277 e. The van der Waals surface area contributed by atoms with Crippen molar-refractivity contribution < 1.29 is 13.6 Å². The number of thiophene rings is 1. The van der Waals surface area contributed by atoms with Gasteiger partial charge in [-0.1, -0.05) is 30.0 Å². The van der Waals surface area contributed by atoms with Gasteiger partial charge < -0.3 is 8.98 Å². The molecule has 4 rings (SSSR count). The summed E-state index contributed by atoms with van der Waals surface area (Å²) in [7, 11) is 0. The highest BCUT2D eigenvalue weighted by molar-refractivity contribution is 7.99. The summed E-state index contributed by atoms with van der Waals surface area (Å²) >= 11 is 2.90. The summed E-state index contributed by atoms with van der Waals surface area (Å²) in [6.07, 6.45) is 0.942. The van der Waals surface area contributed by atoms with E-state index in [0.717, 1.165) is 36.1 Å². The maximum absolute atomic E-state index is 13.9. The summed E-state index contributed by atoms with van der Waals surface area (Å²) in [4.78, 5) is 14.1. The molecule has 0 amide bonds. The first-order valence-electron chi connectivity index (χ1n) is 9.46. The number of hydrogen-bond acceptors (Lipinski definition) is 6. The second-order valence-corrected chi connectivity index (χ2v) is 8.79. The van der Waals surface area contributed by atoms with Crippen LogP contribution >= 0.6 is 23.1 Å². The minimum atomic E-state index is -0.427. The molecule has 0 saturated heterocycles. The lowest BCUT2D eigenvalue weighted by Crippen LogP contribution is -2.08. The fourth-order valence-electron chi connectivity index (χ4n) is 3.32. The van der Waals surface area contributed by atoms with E-state index in [-0.39, 0.29) is 28.2 Å². The summed E-state index contributed by atoms with van der Waals surface area (Å²) in [5.41, 5.74) is 2.99. The average molecular weight is 442 g/mol. The van der Waals surface area contributed by atoms with Gasteiger partial charge in [-0.25, -0.2) is 4.39 Å². The second kappa shape index (κ2) is 8.97. The van der Waals surface area contributed by atoms with Crippen LogP contribution in [0.15, 0.2) is 57.5 Å². The van der Waals surface area contributed by atoms with Gasteiger partial charge in [-0.3, -0.25) is 4.79 Å². The highest BCUT2D eigenvalue weighted by Crippen LogP contribution is 2.26. The van der Waals surface area contributed by atoms with Gasteiger partial charge >= 0.3 is 0 Å². The number of nitrogens with zero attached hydrogens (tertiary/aromatic N) is 3. The van der Waals surface area contributed by atoms with Gasteiger partial charge in [-0.2, -0.15) is 0 Å². The van der Waals surface area contributed by atoms with Crippen LogP contribution in [0.4, 0.5) is 4.39 Å². The van der Waals surface area contributed by atoms with Crippen molar-refractivity contribution in [3.8, 4) is 11.5 Å². The van der Waals surface area contributed by atoms with Gasteiger partial charge in [0.15, 0.2) is 5.78 Å². The lowest BCUT2D eigenvalue weighted by molar-refractivity contribution is 0.102. The van der Waals surface area contributed by atoms with Gasteiger partial charge in [-0.15, -0.1) is 21.5 Å².